The molecule has 0 N–H and O–H groups in total. The van der Waals surface area contributed by atoms with Gasteiger partial charge in [-0.3, -0.25) is 4.79 Å². The summed E-state index contributed by atoms with van der Waals surface area (Å²) in [5, 5.41) is 8.73. The van der Waals surface area contributed by atoms with Gasteiger partial charge in [0.2, 0.25) is 0 Å². The van der Waals surface area contributed by atoms with Crippen molar-refractivity contribution in [2.45, 2.75) is 31.3 Å². The number of rotatable bonds is 6. The molecule has 0 saturated carbocycles. The molecule has 1 saturated heterocycles. The van der Waals surface area contributed by atoms with Crippen LogP contribution in [0.2, 0.25) is 20.2 Å². The van der Waals surface area contributed by atoms with Gasteiger partial charge in [0.05, 0.1) is 20.7 Å². The minimum absolute atomic E-state index is 0.113. The molecule has 1 aromatic carbocycles. The lowest BCUT2D eigenvalue weighted by Crippen LogP contribution is -2.40. The number of aromatic nitrogens is 3. The van der Waals surface area contributed by atoms with Crippen LogP contribution in [0.5, 0.6) is 5.88 Å². The summed E-state index contributed by atoms with van der Waals surface area (Å²) < 4.78 is 5.43. The average Bonchev–Trinajstić information content (AvgIpc) is 3.53. The van der Waals surface area contributed by atoms with Crippen LogP contribution >= 0.6 is 57.7 Å². The van der Waals surface area contributed by atoms with Gasteiger partial charge in [-0.1, -0.05) is 51.6 Å². The average molecular weight is 587 g/mol. The predicted molar refractivity (Wildman–Crippen MR) is 140 cm³/mol. The van der Waals surface area contributed by atoms with Gasteiger partial charge in [-0.15, -0.1) is 11.3 Å². The van der Waals surface area contributed by atoms with Crippen LogP contribution in [0, 0.1) is 0 Å². The summed E-state index contributed by atoms with van der Waals surface area (Å²) in [6.07, 6.45) is 4.66. The molecule has 3 aromatic rings. The third kappa shape index (κ3) is 5.55. The lowest BCUT2D eigenvalue weighted by atomic mass is 9.97. The molecule has 1 fully saturated rings. The highest BCUT2D eigenvalue weighted by molar-refractivity contribution is 7.10. The Bertz CT molecular complexity index is 1290. The summed E-state index contributed by atoms with van der Waals surface area (Å²) in [5.74, 6) is 0.305. The van der Waals surface area contributed by atoms with Crippen LogP contribution in [-0.2, 0) is 9.63 Å². The van der Waals surface area contributed by atoms with Gasteiger partial charge >= 0.3 is 0 Å². The largest absolute Gasteiger partial charge is 0.465 e. The van der Waals surface area contributed by atoms with E-state index >= 15 is 0 Å². The third-order valence-electron chi connectivity index (χ3n) is 6.00. The zero-order valence-corrected chi connectivity index (χ0v) is 22.5. The normalized spacial score (nSPS) is 18.2. The van der Waals surface area contributed by atoms with Crippen molar-refractivity contribution in [3.8, 4) is 5.88 Å². The van der Waals surface area contributed by atoms with Crippen LogP contribution < -0.4 is 4.74 Å². The van der Waals surface area contributed by atoms with Gasteiger partial charge in [0.15, 0.2) is 17.9 Å². The Hall–Kier alpha value is -2.17. The molecule has 8 nitrogen and oxygen atoms in total. The van der Waals surface area contributed by atoms with E-state index in [1.807, 2.05) is 5.38 Å². The Morgan fingerprint density at radius 1 is 1.11 bits per heavy atom. The molecule has 36 heavy (non-hydrogen) atoms. The van der Waals surface area contributed by atoms with E-state index in [-0.39, 0.29) is 29.5 Å². The predicted octanol–water partition coefficient (Wildman–Crippen LogP) is 6.20. The van der Waals surface area contributed by atoms with Crippen molar-refractivity contribution in [2.24, 2.45) is 5.16 Å². The molecule has 188 valence electrons. The lowest BCUT2D eigenvalue weighted by Gasteiger charge is -2.31. The fourth-order valence-electron chi connectivity index (χ4n) is 4.15. The number of halogens is 4. The zero-order chi connectivity index (χ0) is 25.2. The number of likely N-dealkylation sites (tertiary alicyclic amines) is 1. The lowest BCUT2D eigenvalue weighted by molar-refractivity contribution is -0.134. The molecule has 0 aliphatic carbocycles. The molecule has 1 amide bonds. The molecule has 13 heteroatoms. The second kappa shape index (κ2) is 11.1. The highest BCUT2D eigenvalue weighted by atomic mass is 35.5. The number of nitrogens with zero attached hydrogens (tertiary/aromatic N) is 5. The topological polar surface area (TPSA) is 89.8 Å². The van der Waals surface area contributed by atoms with Crippen molar-refractivity contribution in [3.63, 3.8) is 0 Å². The molecule has 2 aromatic heterocycles. The second-order valence-electron chi connectivity index (χ2n) is 8.29. The van der Waals surface area contributed by atoms with Gasteiger partial charge in [0.25, 0.3) is 11.8 Å². The molecule has 4 heterocycles. The first-order valence-corrected chi connectivity index (χ1v) is 13.5. The van der Waals surface area contributed by atoms with E-state index < -0.39 is 6.10 Å². The smallest absolute Gasteiger partial charge is 0.260 e. The van der Waals surface area contributed by atoms with E-state index in [1.54, 1.807) is 28.4 Å². The van der Waals surface area contributed by atoms with E-state index in [4.69, 9.17) is 61.0 Å². The number of carbonyl (C=O) groups is 1. The highest BCUT2D eigenvalue weighted by Crippen LogP contribution is 2.40. The monoisotopic (exact) mass is 585 g/mol. The van der Waals surface area contributed by atoms with Crippen LogP contribution in [-0.4, -0.2) is 51.2 Å². The van der Waals surface area contributed by atoms with Crippen LogP contribution in [0.3, 0.4) is 0 Å². The summed E-state index contributed by atoms with van der Waals surface area (Å²) in [6.45, 7) is 1.11. The number of hydrogen-bond donors (Lipinski definition) is 0. The van der Waals surface area contributed by atoms with Gasteiger partial charge in [-0.2, -0.15) is 0 Å². The first-order chi connectivity index (χ1) is 17.4. The van der Waals surface area contributed by atoms with Gasteiger partial charge < -0.3 is 14.5 Å². The summed E-state index contributed by atoms with van der Waals surface area (Å²) in [5.41, 5.74) is 2.20. The molecule has 2 aliphatic rings. The molecule has 5 rings (SSSR count). The number of carbonyl (C=O) groups excluding carboxylic acids is 1. The number of thiazole rings is 1. The van der Waals surface area contributed by atoms with E-state index in [2.05, 4.69) is 15.1 Å². The number of benzene rings is 1. The van der Waals surface area contributed by atoms with Crippen LogP contribution in [0.15, 0.2) is 35.1 Å². The number of hydrogen-bond acceptors (Lipinski definition) is 8. The van der Waals surface area contributed by atoms with Crippen molar-refractivity contribution in [1.29, 1.82) is 0 Å². The van der Waals surface area contributed by atoms with Crippen LogP contribution in [0.1, 0.15) is 47.5 Å². The Morgan fingerprint density at radius 3 is 2.56 bits per heavy atom. The van der Waals surface area contributed by atoms with Crippen LogP contribution in [0.25, 0.3) is 0 Å². The number of ether oxygens (including phenoxy) is 1. The molecule has 1 atom stereocenters. The molecule has 1 unspecified atom stereocenters. The maximum absolute atomic E-state index is 12.6. The van der Waals surface area contributed by atoms with Gasteiger partial charge in [-0.25, -0.2) is 15.0 Å². The Kier molecular flexibility index (Phi) is 7.83. The van der Waals surface area contributed by atoms with E-state index in [0.717, 1.165) is 29.3 Å². The zero-order valence-electron chi connectivity index (χ0n) is 18.7. The number of piperidine rings is 1. The van der Waals surface area contributed by atoms with Gasteiger partial charge in [0, 0.05) is 53.8 Å². The van der Waals surface area contributed by atoms with Crippen molar-refractivity contribution >= 4 is 69.4 Å². The van der Waals surface area contributed by atoms with E-state index in [1.165, 1.54) is 12.4 Å². The molecule has 2 aliphatic heterocycles. The van der Waals surface area contributed by atoms with Crippen molar-refractivity contribution in [3.05, 3.63) is 66.4 Å². The molecule has 0 bridgehead atoms. The Balaban J connectivity index is 1.15. The molecule has 0 spiro atoms. The summed E-state index contributed by atoms with van der Waals surface area (Å²) in [4.78, 5) is 32.7. The fraction of sp³-hybridized carbons (Fsp3) is 0.348. The SMILES string of the molecule is O=C(COc1nccnc1Cl)N1CCC(c2nc(C3=NOC(c4c(Cl)cc(Cl)cc4Cl)C3)cs2)CC1. The van der Waals surface area contributed by atoms with Crippen LogP contribution in [0.4, 0.5) is 0 Å². The number of oxime groups is 1. The Morgan fingerprint density at radius 2 is 1.83 bits per heavy atom. The van der Waals surface area contributed by atoms with Crippen molar-refractivity contribution in [2.75, 3.05) is 19.7 Å². The van der Waals surface area contributed by atoms with E-state index in [0.29, 0.717) is 40.1 Å². The maximum Gasteiger partial charge on any atom is 0.260 e. The molecule has 0 radical (unpaired) electrons. The molecular weight excluding hydrogens is 568 g/mol. The van der Waals surface area contributed by atoms with Gasteiger partial charge in [0.1, 0.15) is 5.71 Å². The standard InChI is InChI=1S/C23H19Cl4N5O3S/c24-13-7-14(25)20(15(26)8-13)18-9-16(31-35-18)17-11-36-23(30-17)12-1-5-32(6-2-12)19(33)10-34-22-21(27)28-3-4-29-22/h3-4,7-8,11-12,18H,1-2,5-6,9-10H2. The van der Waals surface area contributed by atoms with Crippen molar-refractivity contribution < 1.29 is 14.4 Å². The third-order valence-corrected chi connectivity index (χ3v) is 8.11. The first-order valence-electron chi connectivity index (χ1n) is 11.1. The fourth-order valence-corrected chi connectivity index (χ4v) is 6.37. The molecular formula is C23H19Cl4N5O3S. The van der Waals surface area contributed by atoms with Gasteiger partial charge in [-0.05, 0) is 25.0 Å². The Labute approximate surface area is 231 Å². The van der Waals surface area contributed by atoms with Crippen molar-refractivity contribution in [1.82, 2.24) is 19.9 Å². The highest BCUT2D eigenvalue weighted by Gasteiger charge is 2.31. The van der Waals surface area contributed by atoms with E-state index in [9.17, 15) is 4.79 Å². The summed E-state index contributed by atoms with van der Waals surface area (Å²) in [6, 6.07) is 3.28. The minimum atomic E-state index is -0.393. The first kappa shape index (κ1) is 25.5. The summed E-state index contributed by atoms with van der Waals surface area (Å²) in [7, 11) is 0. The number of amides is 1. The minimum Gasteiger partial charge on any atom is -0.465 e. The second-order valence-corrected chi connectivity index (χ2v) is 10.8. The summed E-state index contributed by atoms with van der Waals surface area (Å²) >= 11 is 26.2. The quantitative estimate of drug-likeness (QED) is 0.342. The maximum atomic E-state index is 12.6.